The summed E-state index contributed by atoms with van der Waals surface area (Å²) in [6.07, 6.45) is -0.782. The van der Waals surface area contributed by atoms with E-state index in [1.165, 1.54) is 35.7 Å². The van der Waals surface area contributed by atoms with Crippen molar-refractivity contribution in [2.45, 2.75) is 76.4 Å². The number of nitrogens with one attached hydrogen (secondary N) is 2. The zero-order chi connectivity index (χ0) is 34.5. The lowest BCUT2D eigenvalue weighted by Gasteiger charge is -2.30. The van der Waals surface area contributed by atoms with E-state index < -0.39 is 72.6 Å². The van der Waals surface area contributed by atoms with Crippen LogP contribution in [-0.2, 0) is 45.6 Å². The number of aryl methyl sites for hydroxylation is 2. The van der Waals surface area contributed by atoms with E-state index in [-0.39, 0.29) is 36.8 Å². The fourth-order valence-electron chi connectivity index (χ4n) is 6.11. The third-order valence-electron chi connectivity index (χ3n) is 8.63. The molecule has 4 heterocycles. The molecule has 0 radical (unpaired) electrons. The molecule has 2 saturated heterocycles. The van der Waals surface area contributed by atoms with Gasteiger partial charge in [0, 0.05) is 51.5 Å². The molecular formula is C29H46N6O11P-. The Kier molecular flexibility index (Phi) is 12.7. The van der Waals surface area contributed by atoms with Gasteiger partial charge in [0.05, 0.1) is 42.7 Å². The van der Waals surface area contributed by atoms with Crippen molar-refractivity contribution in [1.82, 2.24) is 19.1 Å². The Morgan fingerprint density at radius 2 is 1.36 bits per heavy atom. The normalized spacial score (nSPS) is 28.9. The molecule has 4 rings (SSSR count). The van der Waals surface area contributed by atoms with Crippen molar-refractivity contribution in [3.05, 3.63) is 71.9 Å². The summed E-state index contributed by atoms with van der Waals surface area (Å²) in [5.74, 6) is -0.785. The largest absolute Gasteiger partial charge is 0.382 e. The van der Waals surface area contributed by atoms with Crippen LogP contribution in [0.1, 0.15) is 50.0 Å². The number of aromatic amines is 2. The lowest BCUT2D eigenvalue weighted by atomic mass is 9.95. The molecule has 6 N–H and O–H groups in total. The number of hydrogen-bond acceptors (Lipinski definition) is 13. The van der Waals surface area contributed by atoms with Crippen molar-refractivity contribution in [3.8, 4) is 0 Å². The fraction of sp³-hybridized carbons (Fsp3) is 0.690. The first kappa shape index (κ1) is 37.1. The second-order valence-corrected chi connectivity index (χ2v) is 13.6. The second kappa shape index (κ2) is 16.1. The molecule has 0 aliphatic carbocycles. The summed E-state index contributed by atoms with van der Waals surface area (Å²) < 4.78 is 51.5. The van der Waals surface area contributed by atoms with Gasteiger partial charge in [-0.1, -0.05) is 13.8 Å². The predicted octanol–water partition coefficient (Wildman–Crippen LogP) is -0.0157. The molecule has 2 aromatic rings. The van der Waals surface area contributed by atoms with E-state index in [4.69, 9.17) is 39.5 Å². The third kappa shape index (κ3) is 8.47. The number of rotatable bonds is 16. The number of aromatic nitrogens is 4. The van der Waals surface area contributed by atoms with Crippen LogP contribution < -0.4 is 34.0 Å². The Hall–Kier alpha value is -2.73. The lowest BCUT2D eigenvalue weighted by molar-refractivity contribution is -0.0367. The highest BCUT2D eigenvalue weighted by atomic mass is 31.2. The molecule has 0 bridgehead atoms. The van der Waals surface area contributed by atoms with Crippen molar-refractivity contribution in [2.75, 3.05) is 40.5 Å². The van der Waals surface area contributed by atoms with Crippen LogP contribution in [0.3, 0.4) is 0 Å². The molecule has 0 saturated carbocycles. The minimum atomic E-state index is -4.10. The second-order valence-electron chi connectivity index (χ2n) is 11.9. The van der Waals surface area contributed by atoms with Crippen LogP contribution in [0.15, 0.2) is 31.6 Å². The molecule has 0 amide bonds. The Bertz CT molecular complexity index is 1640. The topological polar surface area (TPSA) is 234 Å². The van der Waals surface area contributed by atoms with Crippen molar-refractivity contribution >= 4 is 7.60 Å². The van der Waals surface area contributed by atoms with Gasteiger partial charge in [-0.3, -0.25) is 24.1 Å². The van der Waals surface area contributed by atoms with Gasteiger partial charge in [-0.25, -0.2) is 16.3 Å². The Morgan fingerprint density at radius 3 is 1.87 bits per heavy atom. The molecule has 0 aromatic carbocycles. The van der Waals surface area contributed by atoms with Gasteiger partial charge in [-0.05, 0) is 25.9 Å². The van der Waals surface area contributed by atoms with E-state index in [9.17, 15) is 23.7 Å². The quantitative estimate of drug-likeness (QED) is 0.135. The summed E-state index contributed by atoms with van der Waals surface area (Å²) in [6, 6.07) is 0. The average Bonchev–Trinajstić information content (AvgIpc) is 3.50. The van der Waals surface area contributed by atoms with Gasteiger partial charge in [0.15, 0.2) is 7.60 Å². The van der Waals surface area contributed by atoms with Gasteiger partial charge in [0.2, 0.25) is 0 Å². The van der Waals surface area contributed by atoms with Gasteiger partial charge >= 0.3 is 11.4 Å². The average molecular weight is 686 g/mol. The SMILES string of the molecule is [CH2-]P(=O)(OC[C@H]1O[C@@H](c2cn(CCCN)c(=O)[nH]c2=O)[C@@H](C)C1OC)O[C@H]1C(C)[C@@H](COC)O[C@H]1c1cn(CCCN)c(=O)[nH]c1=O. The molecule has 3 unspecified atom stereocenters. The van der Waals surface area contributed by atoms with E-state index in [0.29, 0.717) is 32.5 Å². The highest BCUT2D eigenvalue weighted by Crippen LogP contribution is 2.54. The maximum Gasteiger partial charge on any atom is 0.328 e. The van der Waals surface area contributed by atoms with Gasteiger partial charge < -0.3 is 48.6 Å². The predicted molar refractivity (Wildman–Crippen MR) is 170 cm³/mol. The molecule has 18 heteroatoms. The first-order chi connectivity index (χ1) is 22.3. The van der Waals surface area contributed by atoms with Crippen LogP contribution in [0.4, 0.5) is 0 Å². The Balaban J connectivity index is 1.54. The molecule has 47 heavy (non-hydrogen) atoms. The van der Waals surface area contributed by atoms with Crippen molar-refractivity contribution in [3.63, 3.8) is 0 Å². The molecule has 17 nitrogen and oxygen atoms in total. The smallest absolute Gasteiger partial charge is 0.328 e. The minimum Gasteiger partial charge on any atom is -0.382 e. The minimum absolute atomic E-state index is 0.102. The van der Waals surface area contributed by atoms with Crippen molar-refractivity contribution in [1.29, 1.82) is 0 Å². The molecule has 2 aliphatic heterocycles. The maximum absolute atomic E-state index is 13.7. The summed E-state index contributed by atoms with van der Waals surface area (Å²) >= 11 is 0. The van der Waals surface area contributed by atoms with Crippen LogP contribution in [0.5, 0.6) is 0 Å². The highest BCUT2D eigenvalue weighted by molar-refractivity contribution is 7.55. The first-order valence-corrected chi connectivity index (χ1v) is 17.3. The van der Waals surface area contributed by atoms with E-state index in [0.717, 1.165) is 0 Å². The van der Waals surface area contributed by atoms with E-state index in [2.05, 4.69) is 16.6 Å². The number of H-pyrrole nitrogens is 2. The van der Waals surface area contributed by atoms with E-state index >= 15 is 0 Å². The van der Waals surface area contributed by atoms with Crippen LogP contribution >= 0.6 is 7.60 Å². The zero-order valence-electron chi connectivity index (χ0n) is 27.1. The van der Waals surface area contributed by atoms with Crippen molar-refractivity contribution < 1.29 is 32.6 Å². The summed E-state index contributed by atoms with van der Waals surface area (Å²) in [5.41, 5.74) is 9.12. The number of nitrogens with two attached hydrogens (primary N) is 2. The van der Waals surface area contributed by atoms with Crippen LogP contribution in [0.2, 0.25) is 0 Å². The number of ether oxygens (including phenoxy) is 4. The third-order valence-corrected chi connectivity index (χ3v) is 9.73. The molecule has 2 aromatic heterocycles. The fourth-order valence-corrected chi connectivity index (χ4v) is 7.22. The summed E-state index contributed by atoms with van der Waals surface area (Å²) in [7, 11) is -1.12. The molecule has 2 fully saturated rings. The highest BCUT2D eigenvalue weighted by Gasteiger charge is 2.48. The molecular weight excluding hydrogens is 639 g/mol. The summed E-state index contributed by atoms with van der Waals surface area (Å²) in [4.78, 5) is 55.0. The molecule has 2 aliphatic rings. The van der Waals surface area contributed by atoms with Crippen LogP contribution in [0, 0.1) is 18.5 Å². The molecule has 264 valence electrons. The molecule has 9 atom stereocenters. The first-order valence-electron chi connectivity index (χ1n) is 15.5. The number of nitrogens with zero attached hydrogens (tertiary/aromatic N) is 2. The van der Waals surface area contributed by atoms with Crippen molar-refractivity contribution in [2.24, 2.45) is 23.3 Å². The molecule has 0 spiro atoms. The number of hydrogen-bond donors (Lipinski definition) is 4. The van der Waals surface area contributed by atoms with Crippen LogP contribution in [-0.4, -0.2) is 84.0 Å². The standard InChI is InChI=1S/C29H46N6O11P/c1-16-20(14-41-3)44-25(19-13-35(11-7-9-31)29(39)33-27(19)37)24(16)46-47(5,40)43-15-21-23(42-4)17(2)22(45-21)18-12-34(10-6-8-30)28(38)32-26(18)36/h12-13,16-17,20-25H,5-11,14-15,30-31H2,1-4H3,(H,32,36,38)(H,33,37,39)/q-1/t16?,17-,20-,21-,22-,23?,24+,25+,47?/m1/s1. The maximum atomic E-state index is 13.7. The summed E-state index contributed by atoms with van der Waals surface area (Å²) in [5, 5.41) is 0. The Labute approximate surface area is 271 Å². The van der Waals surface area contributed by atoms with Gasteiger partial charge in [-0.2, -0.15) is 0 Å². The van der Waals surface area contributed by atoms with E-state index in [1.54, 1.807) is 6.92 Å². The Morgan fingerprint density at radius 1 is 0.830 bits per heavy atom. The lowest BCUT2D eigenvalue weighted by Crippen LogP contribution is -2.35. The zero-order valence-corrected chi connectivity index (χ0v) is 28.0. The van der Waals surface area contributed by atoms with Gasteiger partial charge in [-0.15, -0.1) is 0 Å². The van der Waals surface area contributed by atoms with Gasteiger partial charge in [0.1, 0.15) is 18.3 Å². The van der Waals surface area contributed by atoms with E-state index in [1.807, 2.05) is 6.92 Å². The monoisotopic (exact) mass is 685 g/mol. The van der Waals surface area contributed by atoms with Crippen LogP contribution in [0.25, 0.3) is 0 Å². The van der Waals surface area contributed by atoms with Gasteiger partial charge in [0.25, 0.3) is 11.1 Å². The summed E-state index contributed by atoms with van der Waals surface area (Å²) in [6.45, 7) is 8.51. The number of methoxy groups -OCH3 is 2.